The summed E-state index contributed by atoms with van der Waals surface area (Å²) in [5.74, 6) is -0.0371. The molecule has 1 aromatic heterocycles. The van der Waals surface area contributed by atoms with Gasteiger partial charge in [-0.3, -0.25) is 4.79 Å². The van der Waals surface area contributed by atoms with Crippen LogP contribution in [0.5, 0.6) is 5.75 Å². The van der Waals surface area contributed by atoms with Crippen molar-refractivity contribution in [1.29, 1.82) is 0 Å². The first-order valence-corrected chi connectivity index (χ1v) is 8.60. The zero-order valence-corrected chi connectivity index (χ0v) is 15.8. The van der Waals surface area contributed by atoms with Crippen LogP contribution >= 0.6 is 12.4 Å². The Morgan fingerprint density at radius 3 is 2.69 bits per heavy atom. The highest BCUT2D eigenvalue weighted by molar-refractivity contribution is 5.94. The zero-order chi connectivity index (χ0) is 17.8. The average Bonchev–Trinajstić information content (AvgIpc) is 3.02. The number of benzene rings is 1. The minimum absolute atomic E-state index is 0. The molecule has 1 aliphatic rings. The van der Waals surface area contributed by atoms with Gasteiger partial charge in [0.1, 0.15) is 0 Å². The van der Waals surface area contributed by atoms with E-state index in [1.807, 2.05) is 24.3 Å². The molecular formula is C19H25ClN4O2. The molecule has 0 spiro atoms. The van der Waals surface area contributed by atoms with E-state index in [1.54, 1.807) is 0 Å². The van der Waals surface area contributed by atoms with Gasteiger partial charge in [0, 0.05) is 13.1 Å². The molecule has 0 aliphatic carbocycles. The van der Waals surface area contributed by atoms with Crippen molar-refractivity contribution in [3.63, 3.8) is 0 Å². The Bertz CT molecular complexity index is 781. The molecule has 6 nitrogen and oxygen atoms in total. The molecule has 7 heteroatoms. The fourth-order valence-electron chi connectivity index (χ4n) is 2.78. The maximum Gasteiger partial charge on any atom is 0.275 e. The van der Waals surface area contributed by atoms with Crippen molar-refractivity contribution in [1.82, 2.24) is 20.4 Å². The maximum absolute atomic E-state index is 12.3. The molecule has 1 aliphatic heterocycles. The SMILES string of the molecule is CC(C)c1ccc(-n2cc(O)c(C(=O)NCC3=CCNCC3)n2)cc1.Cl. The molecule has 140 valence electrons. The predicted molar refractivity (Wildman–Crippen MR) is 104 cm³/mol. The van der Waals surface area contributed by atoms with E-state index in [2.05, 4.69) is 35.7 Å². The molecule has 0 unspecified atom stereocenters. The van der Waals surface area contributed by atoms with Crippen molar-refractivity contribution >= 4 is 18.3 Å². The van der Waals surface area contributed by atoms with Crippen LogP contribution in [0.3, 0.4) is 0 Å². The molecule has 3 N–H and O–H groups in total. The Hall–Kier alpha value is -2.31. The van der Waals surface area contributed by atoms with Gasteiger partial charge >= 0.3 is 0 Å². The summed E-state index contributed by atoms with van der Waals surface area (Å²) in [4.78, 5) is 12.3. The van der Waals surface area contributed by atoms with Crippen molar-refractivity contribution in [2.75, 3.05) is 19.6 Å². The van der Waals surface area contributed by atoms with Gasteiger partial charge in [-0.25, -0.2) is 4.68 Å². The highest BCUT2D eigenvalue weighted by atomic mass is 35.5. The first kappa shape index (κ1) is 20.0. The van der Waals surface area contributed by atoms with Gasteiger partial charge in [0.05, 0.1) is 11.9 Å². The van der Waals surface area contributed by atoms with E-state index in [0.29, 0.717) is 12.5 Å². The summed E-state index contributed by atoms with van der Waals surface area (Å²) in [7, 11) is 0. The Balaban J connectivity index is 0.00000243. The molecule has 0 bridgehead atoms. The lowest BCUT2D eigenvalue weighted by atomic mass is 10.0. The van der Waals surface area contributed by atoms with Gasteiger partial charge < -0.3 is 15.7 Å². The van der Waals surface area contributed by atoms with Gasteiger partial charge in [-0.2, -0.15) is 5.10 Å². The van der Waals surface area contributed by atoms with Crippen molar-refractivity contribution in [3.8, 4) is 11.4 Å². The maximum atomic E-state index is 12.3. The number of carbonyl (C=O) groups excluding carboxylic acids is 1. The van der Waals surface area contributed by atoms with Crippen molar-refractivity contribution in [2.45, 2.75) is 26.2 Å². The summed E-state index contributed by atoms with van der Waals surface area (Å²) >= 11 is 0. The highest BCUT2D eigenvalue weighted by Gasteiger charge is 2.17. The van der Waals surface area contributed by atoms with E-state index in [0.717, 1.165) is 25.2 Å². The topological polar surface area (TPSA) is 79.2 Å². The third-order valence-electron chi connectivity index (χ3n) is 4.37. The summed E-state index contributed by atoms with van der Waals surface area (Å²) in [6.45, 7) is 6.51. The van der Waals surface area contributed by atoms with Gasteiger partial charge in [0.25, 0.3) is 5.91 Å². The molecule has 0 fully saturated rings. The largest absolute Gasteiger partial charge is 0.504 e. The number of rotatable bonds is 5. The predicted octanol–water partition coefficient (Wildman–Crippen LogP) is 2.77. The minimum atomic E-state index is -0.366. The molecule has 2 aromatic rings. The molecule has 2 heterocycles. The first-order valence-electron chi connectivity index (χ1n) is 8.60. The number of nitrogens with zero attached hydrogens (tertiary/aromatic N) is 2. The van der Waals surface area contributed by atoms with E-state index < -0.39 is 0 Å². The lowest BCUT2D eigenvalue weighted by molar-refractivity contribution is 0.0948. The average molecular weight is 377 g/mol. The van der Waals surface area contributed by atoms with Crippen LogP contribution < -0.4 is 10.6 Å². The Labute approximate surface area is 159 Å². The molecule has 3 rings (SSSR count). The van der Waals surface area contributed by atoms with Crippen LogP contribution in [-0.4, -0.2) is 40.4 Å². The van der Waals surface area contributed by atoms with Crippen LogP contribution in [0.15, 0.2) is 42.1 Å². The van der Waals surface area contributed by atoms with E-state index >= 15 is 0 Å². The number of nitrogens with one attached hydrogen (secondary N) is 2. The van der Waals surface area contributed by atoms with Crippen LogP contribution in [0.2, 0.25) is 0 Å². The summed E-state index contributed by atoms with van der Waals surface area (Å²) in [5, 5.41) is 20.4. The van der Waals surface area contributed by atoms with Gasteiger partial charge in [0.15, 0.2) is 11.4 Å². The van der Waals surface area contributed by atoms with Gasteiger partial charge in [-0.1, -0.05) is 37.6 Å². The quantitative estimate of drug-likeness (QED) is 0.701. The highest BCUT2D eigenvalue weighted by Crippen LogP contribution is 2.20. The van der Waals surface area contributed by atoms with Gasteiger partial charge in [-0.15, -0.1) is 12.4 Å². The van der Waals surface area contributed by atoms with Crippen LogP contribution in [0.4, 0.5) is 0 Å². The van der Waals surface area contributed by atoms with Crippen molar-refractivity contribution in [3.05, 3.63) is 53.4 Å². The Kier molecular flexibility index (Phi) is 6.83. The third-order valence-corrected chi connectivity index (χ3v) is 4.37. The summed E-state index contributed by atoms with van der Waals surface area (Å²) in [6.07, 6.45) is 4.46. The van der Waals surface area contributed by atoms with Gasteiger partial charge in [-0.05, 0) is 36.6 Å². The normalized spacial score (nSPS) is 13.9. The van der Waals surface area contributed by atoms with Crippen molar-refractivity contribution < 1.29 is 9.90 Å². The third kappa shape index (κ3) is 4.65. The lowest BCUT2D eigenvalue weighted by Crippen LogP contribution is -2.30. The van der Waals surface area contributed by atoms with Crippen LogP contribution in [0.25, 0.3) is 5.69 Å². The molecule has 0 saturated carbocycles. The Morgan fingerprint density at radius 1 is 1.35 bits per heavy atom. The molecule has 0 radical (unpaired) electrons. The number of carbonyl (C=O) groups is 1. The van der Waals surface area contributed by atoms with Crippen molar-refractivity contribution in [2.24, 2.45) is 0 Å². The molecule has 0 atom stereocenters. The molecular weight excluding hydrogens is 352 g/mol. The van der Waals surface area contributed by atoms with E-state index in [9.17, 15) is 9.90 Å². The molecule has 1 aromatic carbocycles. The summed E-state index contributed by atoms with van der Waals surface area (Å²) in [5.41, 5.74) is 3.27. The van der Waals surface area contributed by atoms with Gasteiger partial charge in [0.2, 0.25) is 0 Å². The zero-order valence-electron chi connectivity index (χ0n) is 15.0. The Morgan fingerprint density at radius 2 is 2.08 bits per heavy atom. The van der Waals surface area contributed by atoms with E-state index in [1.165, 1.54) is 22.0 Å². The van der Waals surface area contributed by atoms with Crippen LogP contribution in [0.1, 0.15) is 42.2 Å². The number of amides is 1. The lowest BCUT2D eigenvalue weighted by Gasteiger charge is -2.14. The molecule has 0 saturated heterocycles. The second kappa shape index (κ2) is 8.87. The van der Waals surface area contributed by atoms with E-state index in [-0.39, 0.29) is 29.8 Å². The smallest absolute Gasteiger partial charge is 0.275 e. The first-order chi connectivity index (χ1) is 12.0. The number of aromatic hydroxyl groups is 1. The summed E-state index contributed by atoms with van der Waals surface area (Å²) < 4.78 is 1.53. The number of hydrogen-bond donors (Lipinski definition) is 3. The fraction of sp³-hybridized carbons (Fsp3) is 0.368. The monoisotopic (exact) mass is 376 g/mol. The van der Waals surface area contributed by atoms with Crippen LogP contribution in [0, 0.1) is 0 Å². The fourth-order valence-corrected chi connectivity index (χ4v) is 2.78. The number of aromatic nitrogens is 2. The van der Waals surface area contributed by atoms with Crippen LogP contribution in [-0.2, 0) is 0 Å². The molecule has 26 heavy (non-hydrogen) atoms. The standard InChI is InChI=1S/C19H24N4O2.ClH/c1-13(2)15-3-5-16(6-4-15)23-12-17(24)18(22-23)19(25)21-11-14-7-9-20-10-8-14;/h3-7,12-13,20,24H,8-11H2,1-2H3,(H,21,25);1H. The van der Waals surface area contributed by atoms with E-state index in [4.69, 9.17) is 0 Å². The minimum Gasteiger partial charge on any atom is -0.504 e. The second-order valence-corrected chi connectivity index (χ2v) is 6.55. The summed E-state index contributed by atoms with van der Waals surface area (Å²) in [6, 6.07) is 7.93. The number of halogens is 1. The second-order valence-electron chi connectivity index (χ2n) is 6.55. The molecule has 1 amide bonds. The number of hydrogen-bond acceptors (Lipinski definition) is 4.